The molecule has 2 aromatic carbocycles. The van der Waals surface area contributed by atoms with Crippen molar-refractivity contribution in [2.45, 2.75) is 6.42 Å². The van der Waals surface area contributed by atoms with Crippen LogP contribution in [0.4, 0.5) is 5.69 Å². The highest BCUT2D eigenvalue weighted by Crippen LogP contribution is 2.17. The van der Waals surface area contributed by atoms with Crippen LogP contribution in [0.25, 0.3) is 0 Å². The number of methoxy groups -OCH3 is 1. The largest absolute Gasteiger partial charge is 0.496 e. The number of likely N-dealkylation sites (N-methyl/N-ethyl adjacent to an activating group) is 1. The summed E-state index contributed by atoms with van der Waals surface area (Å²) >= 11 is 0. The fraction of sp³-hybridized carbons (Fsp3) is 0.222. The van der Waals surface area contributed by atoms with Gasteiger partial charge in [0.15, 0.2) is 0 Å². The summed E-state index contributed by atoms with van der Waals surface area (Å²) in [7, 11) is 3.19. The average Bonchev–Trinajstić information content (AvgIpc) is 2.61. The van der Waals surface area contributed by atoms with Crippen molar-refractivity contribution >= 4 is 17.5 Å². The molecule has 0 aliphatic heterocycles. The normalized spacial score (nSPS) is 10.0. The van der Waals surface area contributed by atoms with Gasteiger partial charge in [-0.25, -0.2) is 0 Å². The van der Waals surface area contributed by atoms with E-state index in [1.165, 1.54) is 4.90 Å². The van der Waals surface area contributed by atoms with E-state index in [9.17, 15) is 9.59 Å². The van der Waals surface area contributed by atoms with E-state index in [1.54, 1.807) is 26.3 Å². The van der Waals surface area contributed by atoms with Crippen LogP contribution in [0.3, 0.4) is 0 Å². The second-order valence-corrected chi connectivity index (χ2v) is 5.02. The second kappa shape index (κ2) is 7.98. The molecule has 23 heavy (non-hydrogen) atoms. The van der Waals surface area contributed by atoms with Crippen molar-refractivity contribution in [3.05, 3.63) is 60.2 Å². The number of hydrogen-bond donors (Lipinski definition) is 1. The standard InChI is InChI=1S/C18H20N2O3/c1-20(15-9-4-3-5-10-15)18(22)17(21)19-13-12-14-8-6-7-11-16(14)23-2/h3-11H,12-13H2,1-2H3,(H,19,21). The zero-order chi connectivity index (χ0) is 16.7. The number of carbonyl (C=O) groups excluding carboxylic acids is 2. The summed E-state index contributed by atoms with van der Waals surface area (Å²) in [4.78, 5) is 25.4. The lowest BCUT2D eigenvalue weighted by molar-refractivity contribution is -0.137. The number of rotatable bonds is 5. The van der Waals surface area contributed by atoms with Crippen molar-refractivity contribution in [3.8, 4) is 5.75 Å². The van der Waals surface area contributed by atoms with Crippen molar-refractivity contribution in [2.24, 2.45) is 0 Å². The predicted molar refractivity (Wildman–Crippen MR) is 89.6 cm³/mol. The molecule has 2 rings (SSSR count). The number of benzene rings is 2. The SMILES string of the molecule is COc1ccccc1CCNC(=O)C(=O)N(C)c1ccccc1. The number of nitrogens with one attached hydrogen (secondary N) is 1. The Morgan fingerprint density at radius 1 is 1.04 bits per heavy atom. The first-order valence-electron chi connectivity index (χ1n) is 7.36. The molecule has 2 aromatic rings. The van der Waals surface area contributed by atoms with Gasteiger partial charge in [-0.05, 0) is 30.2 Å². The lowest BCUT2D eigenvalue weighted by Gasteiger charge is -2.16. The highest BCUT2D eigenvalue weighted by Gasteiger charge is 2.19. The van der Waals surface area contributed by atoms with Gasteiger partial charge < -0.3 is 15.0 Å². The van der Waals surface area contributed by atoms with E-state index in [0.29, 0.717) is 18.7 Å². The Morgan fingerprint density at radius 2 is 1.70 bits per heavy atom. The summed E-state index contributed by atoms with van der Waals surface area (Å²) in [5.74, 6) is -0.433. The smallest absolute Gasteiger partial charge is 0.316 e. The fourth-order valence-corrected chi connectivity index (χ4v) is 2.22. The summed E-state index contributed by atoms with van der Waals surface area (Å²) in [6, 6.07) is 16.6. The highest BCUT2D eigenvalue weighted by molar-refractivity contribution is 6.40. The van der Waals surface area contributed by atoms with Crippen molar-refractivity contribution in [2.75, 3.05) is 25.6 Å². The van der Waals surface area contributed by atoms with Crippen LogP contribution in [0.5, 0.6) is 5.75 Å². The molecule has 0 bridgehead atoms. The van der Waals surface area contributed by atoms with E-state index >= 15 is 0 Å². The molecule has 0 atom stereocenters. The van der Waals surface area contributed by atoms with Gasteiger partial charge in [0.2, 0.25) is 0 Å². The molecule has 0 radical (unpaired) electrons. The predicted octanol–water partition coefficient (Wildman–Crippen LogP) is 2.02. The molecule has 0 aliphatic carbocycles. The topological polar surface area (TPSA) is 58.6 Å². The summed E-state index contributed by atoms with van der Waals surface area (Å²) < 4.78 is 5.26. The van der Waals surface area contributed by atoms with Crippen molar-refractivity contribution in [3.63, 3.8) is 0 Å². The summed E-state index contributed by atoms with van der Waals surface area (Å²) in [5.41, 5.74) is 1.66. The van der Waals surface area contributed by atoms with Crippen LogP contribution in [-0.4, -0.2) is 32.5 Å². The van der Waals surface area contributed by atoms with Crippen LogP contribution in [0.1, 0.15) is 5.56 Å². The Labute approximate surface area is 135 Å². The summed E-state index contributed by atoms with van der Waals surface area (Å²) in [5, 5.41) is 2.65. The van der Waals surface area contributed by atoms with Gasteiger partial charge in [0.25, 0.3) is 0 Å². The van der Waals surface area contributed by atoms with Crippen LogP contribution in [0, 0.1) is 0 Å². The molecule has 0 spiro atoms. The van der Waals surface area contributed by atoms with Gasteiger partial charge in [-0.1, -0.05) is 36.4 Å². The molecule has 0 saturated heterocycles. The molecular formula is C18H20N2O3. The van der Waals surface area contributed by atoms with Gasteiger partial charge in [0.05, 0.1) is 7.11 Å². The lowest BCUT2D eigenvalue weighted by Crippen LogP contribution is -2.41. The van der Waals surface area contributed by atoms with Gasteiger partial charge in [0, 0.05) is 19.3 Å². The quantitative estimate of drug-likeness (QED) is 0.859. The first-order chi connectivity index (χ1) is 11.1. The van der Waals surface area contributed by atoms with E-state index in [0.717, 1.165) is 11.3 Å². The van der Waals surface area contributed by atoms with E-state index in [4.69, 9.17) is 4.74 Å². The molecule has 0 aliphatic rings. The number of nitrogens with zero attached hydrogens (tertiary/aromatic N) is 1. The molecule has 0 aromatic heterocycles. The third-order valence-electron chi connectivity index (χ3n) is 3.51. The van der Waals surface area contributed by atoms with Crippen molar-refractivity contribution < 1.29 is 14.3 Å². The fourth-order valence-electron chi connectivity index (χ4n) is 2.22. The van der Waals surface area contributed by atoms with Crippen LogP contribution in [0.15, 0.2) is 54.6 Å². The monoisotopic (exact) mass is 312 g/mol. The molecule has 0 heterocycles. The maximum absolute atomic E-state index is 12.1. The van der Waals surface area contributed by atoms with E-state index in [2.05, 4.69) is 5.32 Å². The number of ether oxygens (including phenoxy) is 1. The number of carbonyl (C=O) groups is 2. The zero-order valence-corrected chi connectivity index (χ0v) is 13.3. The minimum atomic E-state index is -0.619. The Hall–Kier alpha value is -2.82. The molecule has 5 nitrogen and oxygen atoms in total. The van der Waals surface area contributed by atoms with Gasteiger partial charge >= 0.3 is 11.8 Å². The molecule has 120 valence electrons. The van der Waals surface area contributed by atoms with E-state index < -0.39 is 11.8 Å². The second-order valence-electron chi connectivity index (χ2n) is 5.02. The van der Waals surface area contributed by atoms with Crippen LogP contribution in [0.2, 0.25) is 0 Å². The van der Waals surface area contributed by atoms with E-state index in [-0.39, 0.29) is 0 Å². The number of anilines is 1. The van der Waals surface area contributed by atoms with Gasteiger partial charge in [-0.3, -0.25) is 9.59 Å². The zero-order valence-electron chi connectivity index (χ0n) is 13.3. The maximum atomic E-state index is 12.1. The Balaban J connectivity index is 1.88. The Bertz CT molecular complexity index is 671. The van der Waals surface area contributed by atoms with Crippen molar-refractivity contribution in [1.82, 2.24) is 5.32 Å². The summed E-state index contributed by atoms with van der Waals surface area (Å²) in [6.07, 6.45) is 0.595. The van der Waals surface area contributed by atoms with Gasteiger partial charge in [-0.15, -0.1) is 0 Å². The maximum Gasteiger partial charge on any atom is 0.316 e. The lowest BCUT2D eigenvalue weighted by atomic mass is 10.1. The summed E-state index contributed by atoms with van der Waals surface area (Å²) in [6.45, 7) is 0.369. The minimum absolute atomic E-state index is 0.369. The third kappa shape index (κ3) is 4.32. The molecule has 1 N–H and O–H groups in total. The van der Waals surface area contributed by atoms with E-state index in [1.807, 2.05) is 42.5 Å². The molecule has 0 saturated carbocycles. The number of para-hydroxylation sites is 2. The van der Waals surface area contributed by atoms with Crippen LogP contribution >= 0.6 is 0 Å². The minimum Gasteiger partial charge on any atom is -0.496 e. The molecule has 0 fully saturated rings. The molecule has 2 amide bonds. The molecule has 0 unspecified atom stereocenters. The highest BCUT2D eigenvalue weighted by atomic mass is 16.5. The molecule has 5 heteroatoms. The van der Waals surface area contributed by atoms with Crippen LogP contribution < -0.4 is 15.0 Å². The number of amides is 2. The number of hydrogen-bond acceptors (Lipinski definition) is 3. The first kappa shape index (κ1) is 16.5. The Morgan fingerprint density at radius 3 is 2.39 bits per heavy atom. The Kier molecular flexibility index (Phi) is 5.74. The molecular weight excluding hydrogens is 292 g/mol. The third-order valence-corrected chi connectivity index (χ3v) is 3.51. The van der Waals surface area contributed by atoms with Gasteiger partial charge in [-0.2, -0.15) is 0 Å². The van der Waals surface area contributed by atoms with Crippen molar-refractivity contribution in [1.29, 1.82) is 0 Å². The first-order valence-corrected chi connectivity index (χ1v) is 7.36. The average molecular weight is 312 g/mol. The van der Waals surface area contributed by atoms with Crippen LogP contribution in [-0.2, 0) is 16.0 Å². The van der Waals surface area contributed by atoms with Gasteiger partial charge in [0.1, 0.15) is 5.75 Å².